The summed E-state index contributed by atoms with van der Waals surface area (Å²) < 4.78 is 0.548. The van der Waals surface area contributed by atoms with Gasteiger partial charge < -0.3 is 10.6 Å². The third-order valence-electron chi connectivity index (χ3n) is 3.88. The Morgan fingerprint density at radius 3 is 2.30 bits per heavy atom. The van der Waals surface area contributed by atoms with E-state index >= 15 is 0 Å². The van der Waals surface area contributed by atoms with E-state index < -0.39 is 0 Å². The molecule has 0 aromatic heterocycles. The number of piperidine rings is 1. The van der Waals surface area contributed by atoms with Gasteiger partial charge in [-0.25, -0.2) is 0 Å². The molecule has 0 radical (unpaired) electrons. The van der Waals surface area contributed by atoms with E-state index in [4.69, 9.17) is 5.73 Å². The van der Waals surface area contributed by atoms with Gasteiger partial charge in [-0.15, -0.1) is 23.5 Å². The maximum absolute atomic E-state index is 12.4. The monoisotopic (exact) mass is 308 g/mol. The summed E-state index contributed by atoms with van der Waals surface area (Å²) in [4.78, 5) is 14.3. The Hall–Kier alpha value is -0.650. The van der Waals surface area contributed by atoms with Gasteiger partial charge in [-0.05, 0) is 30.5 Å². The van der Waals surface area contributed by atoms with Gasteiger partial charge in [0.15, 0.2) is 0 Å². The van der Waals surface area contributed by atoms with Crippen molar-refractivity contribution in [2.75, 3.05) is 24.6 Å². The largest absolute Gasteiger partial charge is 0.339 e. The molecule has 2 aliphatic rings. The quantitative estimate of drug-likeness (QED) is 0.912. The molecule has 2 heterocycles. The fraction of sp³-hybridized carbons (Fsp3) is 0.533. The average Bonchev–Trinajstić information content (AvgIpc) is 3.02. The van der Waals surface area contributed by atoms with Gasteiger partial charge in [0.2, 0.25) is 0 Å². The number of nitrogens with zero attached hydrogens (tertiary/aromatic N) is 1. The molecule has 0 saturated carbocycles. The molecule has 20 heavy (non-hydrogen) atoms. The van der Waals surface area contributed by atoms with Crippen molar-refractivity contribution in [1.82, 2.24) is 4.90 Å². The Labute approximate surface area is 128 Å². The van der Waals surface area contributed by atoms with Crippen LogP contribution in [0.2, 0.25) is 0 Å². The van der Waals surface area contributed by atoms with E-state index in [0.29, 0.717) is 4.58 Å². The number of carbonyl (C=O) groups is 1. The molecule has 0 bridgehead atoms. The van der Waals surface area contributed by atoms with Crippen LogP contribution in [0.1, 0.15) is 33.3 Å². The first-order valence-electron chi connectivity index (χ1n) is 7.12. The minimum absolute atomic E-state index is 0.148. The van der Waals surface area contributed by atoms with Crippen molar-refractivity contribution < 1.29 is 4.79 Å². The number of carbonyl (C=O) groups excluding carboxylic acids is 1. The van der Waals surface area contributed by atoms with Crippen LogP contribution in [0.25, 0.3) is 0 Å². The number of likely N-dealkylation sites (tertiary alicyclic amines) is 1. The molecule has 5 heteroatoms. The van der Waals surface area contributed by atoms with Gasteiger partial charge >= 0.3 is 0 Å². The van der Waals surface area contributed by atoms with Gasteiger partial charge in [-0.1, -0.05) is 12.1 Å². The number of amides is 1. The molecule has 0 unspecified atom stereocenters. The van der Waals surface area contributed by atoms with Crippen LogP contribution in [0.15, 0.2) is 24.3 Å². The minimum atomic E-state index is 0.148. The summed E-state index contributed by atoms with van der Waals surface area (Å²) in [5.41, 5.74) is 8.01. The predicted molar refractivity (Wildman–Crippen MR) is 87.2 cm³/mol. The molecule has 108 valence electrons. The van der Waals surface area contributed by atoms with Gasteiger partial charge in [0, 0.05) is 36.2 Å². The lowest BCUT2D eigenvalue weighted by molar-refractivity contribution is 0.0715. The molecule has 0 aliphatic carbocycles. The van der Waals surface area contributed by atoms with Crippen molar-refractivity contribution in [2.45, 2.75) is 23.5 Å². The first-order chi connectivity index (χ1) is 9.74. The number of hydrogen-bond donors (Lipinski definition) is 1. The van der Waals surface area contributed by atoms with E-state index in [1.165, 1.54) is 17.1 Å². The molecule has 1 aromatic carbocycles. The van der Waals surface area contributed by atoms with Crippen LogP contribution in [0, 0.1) is 0 Å². The van der Waals surface area contributed by atoms with E-state index in [-0.39, 0.29) is 11.9 Å². The fourth-order valence-electron chi connectivity index (χ4n) is 2.62. The van der Waals surface area contributed by atoms with Crippen molar-refractivity contribution in [2.24, 2.45) is 5.73 Å². The molecule has 0 spiro atoms. The second-order valence-electron chi connectivity index (χ2n) is 5.33. The number of nitrogens with two attached hydrogens (primary N) is 1. The van der Waals surface area contributed by atoms with Gasteiger partial charge in [0.1, 0.15) is 0 Å². The van der Waals surface area contributed by atoms with Crippen molar-refractivity contribution >= 4 is 29.4 Å². The highest BCUT2D eigenvalue weighted by Gasteiger charge is 2.22. The minimum Gasteiger partial charge on any atom is -0.339 e. The van der Waals surface area contributed by atoms with Gasteiger partial charge in [-0.3, -0.25) is 4.79 Å². The van der Waals surface area contributed by atoms with Crippen LogP contribution in [0.3, 0.4) is 0 Å². The summed E-state index contributed by atoms with van der Waals surface area (Å²) in [6.07, 6.45) is 1.83. The molecule has 2 N–H and O–H groups in total. The predicted octanol–water partition coefficient (Wildman–Crippen LogP) is 2.73. The highest BCUT2D eigenvalue weighted by atomic mass is 32.2. The Bertz CT molecular complexity index is 463. The zero-order valence-electron chi connectivity index (χ0n) is 11.5. The maximum Gasteiger partial charge on any atom is 0.253 e. The summed E-state index contributed by atoms with van der Waals surface area (Å²) in [5.74, 6) is 2.60. The van der Waals surface area contributed by atoms with Gasteiger partial charge in [-0.2, -0.15) is 0 Å². The fourth-order valence-corrected chi connectivity index (χ4v) is 5.48. The number of hydrogen-bond acceptors (Lipinski definition) is 4. The first-order valence-corrected chi connectivity index (χ1v) is 9.22. The van der Waals surface area contributed by atoms with Crippen LogP contribution in [-0.2, 0) is 0 Å². The van der Waals surface area contributed by atoms with Crippen molar-refractivity contribution in [1.29, 1.82) is 0 Å². The molecule has 3 rings (SSSR count). The van der Waals surface area contributed by atoms with Crippen LogP contribution < -0.4 is 5.73 Å². The summed E-state index contributed by atoms with van der Waals surface area (Å²) in [7, 11) is 0. The number of benzene rings is 1. The number of thioether (sulfide) groups is 2. The molecule has 1 amide bonds. The number of rotatable bonds is 2. The third kappa shape index (κ3) is 3.15. The zero-order valence-corrected chi connectivity index (χ0v) is 13.1. The molecule has 2 fully saturated rings. The smallest absolute Gasteiger partial charge is 0.253 e. The van der Waals surface area contributed by atoms with Gasteiger partial charge in [0.05, 0.1) is 4.58 Å². The molecular weight excluding hydrogens is 288 g/mol. The van der Waals surface area contributed by atoms with Crippen molar-refractivity contribution in [3.63, 3.8) is 0 Å². The molecule has 1 aromatic rings. The highest BCUT2D eigenvalue weighted by Crippen LogP contribution is 2.45. The van der Waals surface area contributed by atoms with Crippen LogP contribution in [-0.4, -0.2) is 41.4 Å². The summed E-state index contributed by atoms with van der Waals surface area (Å²) in [5, 5.41) is 0. The van der Waals surface area contributed by atoms with E-state index in [0.717, 1.165) is 31.5 Å². The Morgan fingerprint density at radius 1 is 1.10 bits per heavy atom. The third-order valence-corrected chi connectivity index (χ3v) is 6.98. The van der Waals surface area contributed by atoms with Crippen LogP contribution in [0.4, 0.5) is 0 Å². The zero-order chi connectivity index (χ0) is 13.9. The lowest BCUT2D eigenvalue weighted by Crippen LogP contribution is -2.42. The molecule has 0 atom stereocenters. The Kier molecular flexibility index (Phi) is 4.58. The lowest BCUT2D eigenvalue weighted by Gasteiger charge is -2.30. The molecule has 3 nitrogen and oxygen atoms in total. The summed E-state index contributed by atoms with van der Waals surface area (Å²) in [6, 6.07) is 8.44. The second-order valence-corrected chi connectivity index (χ2v) is 8.05. The van der Waals surface area contributed by atoms with Crippen LogP contribution >= 0.6 is 23.5 Å². The van der Waals surface area contributed by atoms with Crippen molar-refractivity contribution in [3.8, 4) is 0 Å². The topological polar surface area (TPSA) is 46.3 Å². The Morgan fingerprint density at radius 2 is 1.70 bits per heavy atom. The standard InChI is InChI=1S/C15H20N2OS2/c16-13-5-7-17(8-6-13)14(18)11-1-3-12(4-2-11)15-19-9-10-20-15/h1-4,13,15H,5-10,16H2. The van der Waals surface area contributed by atoms with E-state index in [1.807, 2.05) is 40.6 Å². The SMILES string of the molecule is NC1CCN(C(=O)c2ccc(C3SCCS3)cc2)CC1. The first kappa shape index (κ1) is 14.3. The second kappa shape index (κ2) is 6.41. The lowest BCUT2D eigenvalue weighted by atomic mass is 10.0. The van der Waals surface area contributed by atoms with Crippen LogP contribution in [0.5, 0.6) is 0 Å². The maximum atomic E-state index is 12.4. The molecule has 2 aliphatic heterocycles. The average molecular weight is 308 g/mol. The molecular formula is C15H20N2OS2. The van der Waals surface area contributed by atoms with Gasteiger partial charge in [0.25, 0.3) is 5.91 Å². The highest BCUT2D eigenvalue weighted by molar-refractivity contribution is 8.19. The van der Waals surface area contributed by atoms with E-state index in [1.54, 1.807) is 0 Å². The normalized spacial score (nSPS) is 21.4. The molecule has 2 saturated heterocycles. The van der Waals surface area contributed by atoms with E-state index in [9.17, 15) is 4.79 Å². The Balaban J connectivity index is 1.66. The van der Waals surface area contributed by atoms with E-state index in [2.05, 4.69) is 12.1 Å². The summed E-state index contributed by atoms with van der Waals surface area (Å²) in [6.45, 7) is 1.58. The van der Waals surface area contributed by atoms with Crippen molar-refractivity contribution in [3.05, 3.63) is 35.4 Å². The summed E-state index contributed by atoms with van der Waals surface area (Å²) >= 11 is 3.98.